The molecule has 0 radical (unpaired) electrons. The summed E-state index contributed by atoms with van der Waals surface area (Å²) in [7, 11) is 1.61. The second kappa shape index (κ2) is 11.7. The number of nitrogens with zero attached hydrogens (tertiary/aromatic N) is 1. The van der Waals surface area contributed by atoms with E-state index in [1.165, 1.54) is 6.42 Å². The summed E-state index contributed by atoms with van der Waals surface area (Å²) in [6, 6.07) is 20.8. The Morgan fingerprint density at radius 3 is 2.54 bits per heavy atom. The van der Waals surface area contributed by atoms with Crippen molar-refractivity contribution in [3.05, 3.63) is 72.3 Å². The lowest BCUT2D eigenvalue weighted by atomic mass is 9.95. The number of carbonyl (C=O) groups is 2. The summed E-state index contributed by atoms with van der Waals surface area (Å²) < 4.78 is 11.3. The second-order valence-electron chi connectivity index (χ2n) is 9.16. The van der Waals surface area contributed by atoms with E-state index in [1.807, 2.05) is 66.7 Å². The van der Waals surface area contributed by atoms with Gasteiger partial charge in [-0.25, -0.2) is 0 Å². The Morgan fingerprint density at radius 1 is 1.00 bits per heavy atom. The topological polar surface area (TPSA) is 67.9 Å². The molecule has 4 rings (SSSR count). The Hall–Kier alpha value is -3.54. The summed E-state index contributed by atoms with van der Waals surface area (Å²) in [4.78, 5) is 28.2. The number of hydrogen-bond donors (Lipinski definition) is 1. The third kappa shape index (κ3) is 6.32. The molecular formula is C29H34N2O4. The smallest absolute Gasteiger partial charge is 0.261 e. The molecule has 1 unspecified atom stereocenters. The molecule has 1 N–H and O–H groups in total. The molecule has 0 bridgehead atoms. The summed E-state index contributed by atoms with van der Waals surface area (Å²) >= 11 is 0. The van der Waals surface area contributed by atoms with Gasteiger partial charge in [-0.1, -0.05) is 67.8 Å². The van der Waals surface area contributed by atoms with Crippen LogP contribution in [-0.2, 0) is 16.1 Å². The molecule has 6 nitrogen and oxygen atoms in total. The molecule has 1 aliphatic rings. The molecule has 0 spiro atoms. The van der Waals surface area contributed by atoms with E-state index in [0.717, 1.165) is 42.0 Å². The van der Waals surface area contributed by atoms with Crippen LogP contribution in [0.2, 0.25) is 0 Å². The van der Waals surface area contributed by atoms with E-state index in [-0.39, 0.29) is 31.0 Å². The van der Waals surface area contributed by atoms with Crippen molar-refractivity contribution in [2.24, 2.45) is 0 Å². The van der Waals surface area contributed by atoms with Crippen LogP contribution in [0, 0.1) is 0 Å². The Morgan fingerprint density at radius 2 is 1.74 bits per heavy atom. The van der Waals surface area contributed by atoms with Gasteiger partial charge >= 0.3 is 0 Å². The molecule has 1 aliphatic carbocycles. The molecule has 6 heteroatoms. The fourth-order valence-electron chi connectivity index (χ4n) is 4.66. The van der Waals surface area contributed by atoms with Crippen LogP contribution in [0.15, 0.2) is 66.7 Å². The lowest BCUT2D eigenvalue weighted by Gasteiger charge is -2.31. The highest BCUT2D eigenvalue weighted by molar-refractivity contribution is 5.90. The normalized spacial score (nSPS) is 14.8. The van der Waals surface area contributed by atoms with Crippen LogP contribution in [0.25, 0.3) is 10.8 Å². The minimum absolute atomic E-state index is 0.127. The molecule has 2 amide bonds. The second-order valence-corrected chi connectivity index (χ2v) is 9.16. The van der Waals surface area contributed by atoms with E-state index >= 15 is 0 Å². The number of methoxy groups -OCH3 is 1. The van der Waals surface area contributed by atoms with E-state index in [1.54, 1.807) is 18.9 Å². The number of rotatable bonds is 9. The van der Waals surface area contributed by atoms with Crippen LogP contribution in [-0.4, -0.2) is 42.5 Å². The van der Waals surface area contributed by atoms with Gasteiger partial charge in [0, 0.05) is 18.0 Å². The summed E-state index contributed by atoms with van der Waals surface area (Å²) in [5.41, 5.74) is 0.889. The van der Waals surface area contributed by atoms with Gasteiger partial charge in [-0.2, -0.15) is 0 Å². The van der Waals surface area contributed by atoms with Gasteiger partial charge in [0.05, 0.1) is 7.11 Å². The molecule has 1 fully saturated rings. The average Bonchev–Trinajstić information content (AvgIpc) is 2.90. The van der Waals surface area contributed by atoms with Gasteiger partial charge in [-0.05, 0) is 48.9 Å². The number of amides is 2. The van der Waals surface area contributed by atoms with E-state index < -0.39 is 6.04 Å². The highest BCUT2D eigenvalue weighted by Crippen LogP contribution is 2.25. The van der Waals surface area contributed by atoms with Gasteiger partial charge in [-0.3, -0.25) is 9.59 Å². The van der Waals surface area contributed by atoms with E-state index in [9.17, 15) is 9.59 Å². The average molecular weight is 475 g/mol. The first-order valence-corrected chi connectivity index (χ1v) is 12.4. The maximum Gasteiger partial charge on any atom is 0.261 e. The van der Waals surface area contributed by atoms with Crippen LogP contribution in [0.4, 0.5) is 0 Å². The van der Waals surface area contributed by atoms with Gasteiger partial charge in [-0.15, -0.1) is 0 Å². The Kier molecular flexibility index (Phi) is 8.24. The Bertz CT molecular complexity index is 1150. The van der Waals surface area contributed by atoms with Crippen molar-refractivity contribution >= 4 is 22.6 Å². The standard InChI is InChI=1S/C29H34N2O4/c1-21(29(33)30-24-13-4-3-5-14-24)31(19-22-10-8-15-25(18-22)34-2)28(32)20-35-27-17-9-12-23-11-6-7-16-26(23)27/h6-12,15-18,21,24H,3-5,13-14,19-20H2,1-2H3,(H,30,33). The Labute approximate surface area is 207 Å². The molecule has 0 aromatic heterocycles. The number of ether oxygens (including phenoxy) is 2. The number of nitrogens with one attached hydrogen (secondary N) is 1. The van der Waals surface area contributed by atoms with Crippen molar-refractivity contribution in [1.29, 1.82) is 0 Å². The quantitative estimate of drug-likeness (QED) is 0.469. The lowest BCUT2D eigenvalue weighted by molar-refractivity contribution is -0.142. The SMILES string of the molecule is COc1cccc(CN(C(=O)COc2cccc3ccccc23)C(C)C(=O)NC2CCCCC2)c1. The van der Waals surface area contributed by atoms with Gasteiger partial charge < -0.3 is 19.7 Å². The largest absolute Gasteiger partial charge is 0.497 e. The minimum atomic E-state index is -0.633. The first-order chi connectivity index (χ1) is 17.0. The lowest BCUT2D eigenvalue weighted by Crippen LogP contribution is -2.51. The fraction of sp³-hybridized carbons (Fsp3) is 0.379. The number of hydrogen-bond acceptors (Lipinski definition) is 4. The minimum Gasteiger partial charge on any atom is -0.497 e. The number of carbonyl (C=O) groups excluding carboxylic acids is 2. The number of benzene rings is 3. The molecule has 3 aromatic carbocycles. The van der Waals surface area contributed by atoms with E-state index in [0.29, 0.717) is 11.5 Å². The summed E-state index contributed by atoms with van der Waals surface area (Å²) in [5.74, 6) is 0.990. The number of fused-ring (bicyclic) bond motifs is 1. The maximum atomic E-state index is 13.4. The molecule has 3 aromatic rings. The maximum absolute atomic E-state index is 13.4. The third-order valence-corrected chi connectivity index (χ3v) is 6.71. The van der Waals surface area contributed by atoms with Gasteiger partial charge in [0.25, 0.3) is 5.91 Å². The van der Waals surface area contributed by atoms with Crippen molar-refractivity contribution in [2.75, 3.05) is 13.7 Å². The highest BCUT2D eigenvalue weighted by atomic mass is 16.5. The zero-order valence-corrected chi connectivity index (χ0v) is 20.5. The Balaban J connectivity index is 1.51. The first-order valence-electron chi connectivity index (χ1n) is 12.4. The van der Waals surface area contributed by atoms with E-state index in [2.05, 4.69) is 5.32 Å². The van der Waals surface area contributed by atoms with Gasteiger partial charge in [0.15, 0.2) is 6.61 Å². The molecule has 1 saturated carbocycles. The van der Waals surface area contributed by atoms with Crippen molar-refractivity contribution in [3.63, 3.8) is 0 Å². The van der Waals surface area contributed by atoms with Gasteiger partial charge in [0.2, 0.25) is 5.91 Å². The van der Waals surface area contributed by atoms with Crippen molar-refractivity contribution in [2.45, 2.75) is 57.7 Å². The first kappa shape index (κ1) is 24.6. The fourth-order valence-corrected chi connectivity index (χ4v) is 4.66. The molecular weight excluding hydrogens is 440 g/mol. The van der Waals surface area contributed by atoms with Crippen molar-refractivity contribution < 1.29 is 19.1 Å². The third-order valence-electron chi connectivity index (χ3n) is 6.71. The van der Waals surface area contributed by atoms with Crippen molar-refractivity contribution in [3.8, 4) is 11.5 Å². The highest BCUT2D eigenvalue weighted by Gasteiger charge is 2.28. The summed E-state index contributed by atoms with van der Waals surface area (Å²) in [6.45, 7) is 1.92. The van der Waals surface area contributed by atoms with Crippen LogP contribution in [0.1, 0.15) is 44.6 Å². The molecule has 0 heterocycles. The zero-order valence-electron chi connectivity index (χ0n) is 20.5. The summed E-state index contributed by atoms with van der Waals surface area (Å²) in [5, 5.41) is 5.16. The molecule has 184 valence electrons. The van der Waals surface area contributed by atoms with Crippen LogP contribution in [0.5, 0.6) is 11.5 Å². The molecule has 1 atom stereocenters. The predicted molar refractivity (Wildman–Crippen MR) is 137 cm³/mol. The predicted octanol–water partition coefficient (Wildman–Crippen LogP) is 5.09. The van der Waals surface area contributed by atoms with Crippen LogP contribution >= 0.6 is 0 Å². The van der Waals surface area contributed by atoms with Crippen LogP contribution < -0.4 is 14.8 Å². The van der Waals surface area contributed by atoms with E-state index in [4.69, 9.17) is 9.47 Å². The zero-order chi connectivity index (χ0) is 24.6. The molecule has 0 aliphatic heterocycles. The monoisotopic (exact) mass is 474 g/mol. The van der Waals surface area contributed by atoms with Crippen molar-refractivity contribution in [1.82, 2.24) is 10.2 Å². The van der Waals surface area contributed by atoms with Crippen LogP contribution in [0.3, 0.4) is 0 Å². The summed E-state index contributed by atoms with van der Waals surface area (Å²) in [6.07, 6.45) is 5.46. The molecule has 0 saturated heterocycles. The molecule has 35 heavy (non-hydrogen) atoms. The van der Waals surface area contributed by atoms with Gasteiger partial charge in [0.1, 0.15) is 17.5 Å².